The molecule has 1 heterocycles. The van der Waals surface area contributed by atoms with E-state index in [1.165, 1.54) is 5.56 Å². The fraction of sp³-hybridized carbons (Fsp3) is 0.235. The van der Waals surface area contributed by atoms with Crippen molar-refractivity contribution in [3.8, 4) is 0 Å². The van der Waals surface area contributed by atoms with Crippen molar-refractivity contribution >= 4 is 16.8 Å². The molecule has 0 aliphatic heterocycles. The van der Waals surface area contributed by atoms with Gasteiger partial charge in [-0.1, -0.05) is 37.3 Å². The predicted octanol–water partition coefficient (Wildman–Crippen LogP) is 4.70. The van der Waals surface area contributed by atoms with Crippen LogP contribution in [0.1, 0.15) is 30.8 Å². The van der Waals surface area contributed by atoms with Crippen LogP contribution in [0.4, 0.5) is 5.69 Å². The Balaban J connectivity index is 1.87. The lowest BCUT2D eigenvalue weighted by Crippen LogP contribution is -2.09. The van der Waals surface area contributed by atoms with Crippen molar-refractivity contribution in [2.75, 3.05) is 5.32 Å². The van der Waals surface area contributed by atoms with Crippen LogP contribution in [0.2, 0.25) is 0 Å². The topological polar surface area (TPSA) is 38.1 Å². The lowest BCUT2D eigenvalue weighted by Gasteiger charge is -2.18. The quantitative estimate of drug-likeness (QED) is 0.743. The van der Waals surface area contributed by atoms with E-state index in [2.05, 4.69) is 41.5 Å². The summed E-state index contributed by atoms with van der Waals surface area (Å²) in [5, 5.41) is 3.56. The van der Waals surface area contributed by atoms with Crippen LogP contribution in [0.25, 0.3) is 11.1 Å². The van der Waals surface area contributed by atoms with Crippen LogP contribution in [0.5, 0.6) is 0 Å². The second-order valence-corrected chi connectivity index (χ2v) is 4.93. The molecule has 102 valence electrons. The summed E-state index contributed by atoms with van der Waals surface area (Å²) in [7, 11) is 0. The largest absolute Gasteiger partial charge is 0.441 e. The van der Waals surface area contributed by atoms with E-state index >= 15 is 0 Å². The Morgan fingerprint density at radius 1 is 1.15 bits per heavy atom. The van der Waals surface area contributed by atoms with Gasteiger partial charge in [-0.3, -0.25) is 0 Å². The SMILES string of the molecule is CCC(Nc1ccc2oc(C)nc2c1)c1ccccc1. The third-order valence-corrected chi connectivity index (χ3v) is 3.45. The van der Waals surface area contributed by atoms with Crippen LogP contribution >= 0.6 is 0 Å². The third kappa shape index (κ3) is 2.52. The van der Waals surface area contributed by atoms with Gasteiger partial charge in [0.1, 0.15) is 5.52 Å². The number of aryl methyl sites for hydroxylation is 1. The van der Waals surface area contributed by atoms with Gasteiger partial charge < -0.3 is 9.73 Å². The minimum Gasteiger partial charge on any atom is -0.441 e. The van der Waals surface area contributed by atoms with Crippen molar-refractivity contribution in [3.63, 3.8) is 0 Å². The monoisotopic (exact) mass is 266 g/mol. The van der Waals surface area contributed by atoms with Gasteiger partial charge in [-0.25, -0.2) is 4.98 Å². The maximum absolute atomic E-state index is 5.50. The molecule has 3 nitrogen and oxygen atoms in total. The number of hydrogen-bond acceptors (Lipinski definition) is 3. The maximum atomic E-state index is 5.50. The Morgan fingerprint density at radius 2 is 1.95 bits per heavy atom. The molecule has 1 atom stereocenters. The van der Waals surface area contributed by atoms with Gasteiger partial charge in [0, 0.05) is 12.6 Å². The molecule has 0 aliphatic rings. The first-order valence-electron chi connectivity index (χ1n) is 6.95. The highest BCUT2D eigenvalue weighted by atomic mass is 16.3. The van der Waals surface area contributed by atoms with Crippen LogP contribution < -0.4 is 5.32 Å². The van der Waals surface area contributed by atoms with Gasteiger partial charge in [-0.15, -0.1) is 0 Å². The minimum absolute atomic E-state index is 0.307. The average molecular weight is 266 g/mol. The zero-order valence-corrected chi connectivity index (χ0v) is 11.8. The maximum Gasteiger partial charge on any atom is 0.192 e. The van der Waals surface area contributed by atoms with Crippen molar-refractivity contribution < 1.29 is 4.42 Å². The number of oxazole rings is 1. The standard InChI is InChI=1S/C17H18N2O/c1-3-15(13-7-5-4-6-8-13)19-14-9-10-17-16(11-14)18-12(2)20-17/h4-11,15,19H,3H2,1-2H3. The number of fused-ring (bicyclic) bond motifs is 1. The van der Waals surface area contributed by atoms with Gasteiger partial charge in [0.2, 0.25) is 0 Å². The summed E-state index contributed by atoms with van der Waals surface area (Å²) in [5.74, 6) is 0.701. The Bertz CT molecular complexity index is 703. The highest BCUT2D eigenvalue weighted by molar-refractivity contribution is 5.77. The zero-order valence-electron chi connectivity index (χ0n) is 11.8. The van der Waals surface area contributed by atoms with Crippen molar-refractivity contribution in [1.82, 2.24) is 4.98 Å². The fourth-order valence-electron chi connectivity index (χ4n) is 2.44. The molecular weight excluding hydrogens is 248 g/mol. The highest BCUT2D eigenvalue weighted by Crippen LogP contribution is 2.25. The molecule has 0 radical (unpaired) electrons. The molecule has 1 unspecified atom stereocenters. The number of hydrogen-bond donors (Lipinski definition) is 1. The molecule has 0 amide bonds. The Labute approximate surface area is 118 Å². The Morgan fingerprint density at radius 3 is 2.70 bits per heavy atom. The number of benzene rings is 2. The molecule has 1 N–H and O–H groups in total. The van der Waals surface area contributed by atoms with Crippen LogP contribution in [0, 0.1) is 6.92 Å². The van der Waals surface area contributed by atoms with Gasteiger partial charge >= 0.3 is 0 Å². The molecule has 0 saturated heterocycles. The normalized spacial score (nSPS) is 12.5. The summed E-state index contributed by atoms with van der Waals surface area (Å²) in [6, 6.07) is 16.8. The van der Waals surface area contributed by atoms with E-state index < -0.39 is 0 Å². The van der Waals surface area contributed by atoms with E-state index in [9.17, 15) is 0 Å². The second kappa shape index (κ2) is 5.37. The number of rotatable bonds is 4. The first-order valence-corrected chi connectivity index (χ1v) is 6.95. The molecule has 3 aromatic rings. The third-order valence-electron chi connectivity index (χ3n) is 3.45. The molecular formula is C17H18N2O. The van der Waals surface area contributed by atoms with E-state index in [0.717, 1.165) is 23.2 Å². The highest BCUT2D eigenvalue weighted by Gasteiger charge is 2.10. The van der Waals surface area contributed by atoms with Crippen LogP contribution in [-0.4, -0.2) is 4.98 Å². The summed E-state index contributed by atoms with van der Waals surface area (Å²) in [4.78, 5) is 4.37. The van der Waals surface area contributed by atoms with E-state index in [0.29, 0.717) is 11.9 Å². The van der Waals surface area contributed by atoms with Crippen molar-refractivity contribution in [1.29, 1.82) is 0 Å². The molecule has 0 saturated carbocycles. The second-order valence-electron chi connectivity index (χ2n) is 4.93. The molecule has 3 heteroatoms. The van der Waals surface area contributed by atoms with Gasteiger partial charge in [0.05, 0.1) is 6.04 Å². The van der Waals surface area contributed by atoms with E-state index in [1.807, 2.05) is 31.2 Å². The molecule has 20 heavy (non-hydrogen) atoms. The molecule has 0 spiro atoms. The van der Waals surface area contributed by atoms with E-state index in [-0.39, 0.29) is 0 Å². The summed E-state index contributed by atoms with van der Waals surface area (Å²) in [5.41, 5.74) is 4.10. The molecule has 3 rings (SSSR count). The van der Waals surface area contributed by atoms with E-state index in [4.69, 9.17) is 4.42 Å². The van der Waals surface area contributed by atoms with Crippen molar-refractivity contribution in [2.45, 2.75) is 26.3 Å². The van der Waals surface area contributed by atoms with Gasteiger partial charge in [0.25, 0.3) is 0 Å². The smallest absolute Gasteiger partial charge is 0.192 e. The summed E-state index contributed by atoms with van der Waals surface area (Å²) in [6.07, 6.45) is 1.03. The number of nitrogens with one attached hydrogen (secondary N) is 1. The van der Waals surface area contributed by atoms with Crippen LogP contribution in [0.15, 0.2) is 52.9 Å². The molecule has 0 fully saturated rings. The Kier molecular flexibility index (Phi) is 3.42. The molecule has 0 aliphatic carbocycles. The first kappa shape index (κ1) is 12.7. The van der Waals surface area contributed by atoms with Crippen LogP contribution in [0.3, 0.4) is 0 Å². The average Bonchev–Trinajstić information content (AvgIpc) is 2.85. The van der Waals surface area contributed by atoms with Crippen molar-refractivity contribution in [2.24, 2.45) is 0 Å². The number of anilines is 1. The minimum atomic E-state index is 0.307. The Hall–Kier alpha value is -2.29. The van der Waals surface area contributed by atoms with Gasteiger partial charge in [-0.2, -0.15) is 0 Å². The van der Waals surface area contributed by atoms with Gasteiger partial charge in [-0.05, 0) is 30.2 Å². The zero-order chi connectivity index (χ0) is 13.9. The lowest BCUT2D eigenvalue weighted by molar-refractivity contribution is 0.561. The van der Waals surface area contributed by atoms with E-state index in [1.54, 1.807) is 0 Å². The molecule has 2 aromatic carbocycles. The molecule has 0 bridgehead atoms. The summed E-state index contributed by atoms with van der Waals surface area (Å²) >= 11 is 0. The lowest BCUT2D eigenvalue weighted by atomic mass is 10.0. The molecule has 1 aromatic heterocycles. The predicted molar refractivity (Wildman–Crippen MR) is 81.8 cm³/mol. The van der Waals surface area contributed by atoms with Crippen LogP contribution in [-0.2, 0) is 0 Å². The first-order chi connectivity index (χ1) is 9.76. The fourth-order valence-corrected chi connectivity index (χ4v) is 2.44. The number of nitrogens with zero attached hydrogens (tertiary/aromatic N) is 1. The summed E-state index contributed by atoms with van der Waals surface area (Å²) < 4.78 is 5.50. The van der Waals surface area contributed by atoms with Crippen molar-refractivity contribution in [3.05, 3.63) is 60.0 Å². The van der Waals surface area contributed by atoms with Gasteiger partial charge in [0.15, 0.2) is 11.5 Å². The number of aromatic nitrogens is 1. The summed E-state index contributed by atoms with van der Waals surface area (Å²) in [6.45, 7) is 4.05.